The molecule has 1 aromatic heterocycles. The monoisotopic (exact) mass is 331 g/mol. The average molecular weight is 333 g/mol. The molecule has 2 nitrogen and oxygen atoms in total. The molecule has 1 atom stereocenters. The number of hydrogen-bond donors (Lipinski definition) is 1. The maximum atomic E-state index is 6.05. The third-order valence-electron chi connectivity index (χ3n) is 2.21. The Morgan fingerprint density at radius 2 is 2.24 bits per heavy atom. The van der Waals surface area contributed by atoms with Gasteiger partial charge in [-0.2, -0.15) is 0 Å². The molecule has 5 heteroatoms. The molecule has 0 saturated carbocycles. The summed E-state index contributed by atoms with van der Waals surface area (Å²) in [6, 6.07) is 9.15. The summed E-state index contributed by atoms with van der Waals surface area (Å²) in [5.74, 6) is 0.737. The molecular formula is C12H11BrClNOS. The number of benzene rings is 1. The number of rotatable bonds is 4. The molecule has 0 aliphatic carbocycles. The first-order valence-corrected chi connectivity index (χ1v) is 7.08. The zero-order valence-corrected chi connectivity index (χ0v) is 12.1. The molecule has 2 N–H and O–H groups in total. The van der Waals surface area contributed by atoms with Crippen LogP contribution in [-0.2, 0) is 0 Å². The molecule has 1 heterocycles. The van der Waals surface area contributed by atoms with E-state index in [2.05, 4.69) is 15.9 Å². The van der Waals surface area contributed by atoms with Crippen LogP contribution < -0.4 is 10.5 Å². The first kappa shape index (κ1) is 12.9. The van der Waals surface area contributed by atoms with Gasteiger partial charge in [-0.15, -0.1) is 11.3 Å². The van der Waals surface area contributed by atoms with Crippen molar-refractivity contribution in [3.8, 4) is 5.75 Å². The van der Waals surface area contributed by atoms with E-state index >= 15 is 0 Å². The van der Waals surface area contributed by atoms with E-state index in [0.29, 0.717) is 11.6 Å². The summed E-state index contributed by atoms with van der Waals surface area (Å²) in [5.41, 5.74) is 6.05. The van der Waals surface area contributed by atoms with Gasteiger partial charge in [-0.05, 0) is 45.6 Å². The van der Waals surface area contributed by atoms with Crippen LogP contribution >= 0.6 is 38.9 Å². The fourth-order valence-corrected chi connectivity index (χ4v) is 3.22. The number of thiophene rings is 1. The highest BCUT2D eigenvalue weighted by Gasteiger charge is 2.12. The molecule has 0 saturated heterocycles. The van der Waals surface area contributed by atoms with Gasteiger partial charge in [0.15, 0.2) is 0 Å². The van der Waals surface area contributed by atoms with Crippen molar-refractivity contribution in [1.29, 1.82) is 0 Å². The molecule has 1 aromatic carbocycles. The first-order chi connectivity index (χ1) is 8.16. The summed E-state index contributed by atoms with van der Waals surface area (Å²) in [4.78, 5) is 1.09. The Kier molecular flexibility index (Phi) is 4.45. The van der Waals surface area contributed by atoms with Crippen molar-refractivity contribution in [2.45, 2.75) is 6.04 Å². The van der Waals surface area contributed by atoms with Gasteiger partial charge < -0.3 is 10.5 Å². The summed E-state index contributed by atoms with van der Waals surface area (Å²) < 4.78 is 6.64. The van der Waals surface area contributed by atoms with Gasteiger partial charge >= 0.3 is 0 Å². The Morgan fingerprint density at radius 1 is 1.41 bits per heavy atom. The fraction of sp³-hybridized carbons (Fsp3) is 0.167. The van der Waals surface area contributed by atoms with E-state index in [1.807, 2.05) is 29.6 Å². The van der Waals surface area contributed by atoms with Crippen molar-refractivity contribution in [3.05, 3.63) is 50.1 Å². The maximum absolute atomic E-state index is 6.05. The second-order valence-electron chi connectivity index (χ2n) is 3.51. The van der Waals surface area contributed by atoms with Gasteiger partial charge in [-0.25, -0.2) is 0 Å². The van der Waals surface area contributed by atoms with Crippen molar-refractivity contribution in [2.75, 3.05) is 6.61 Å². The van der Waals surface area contributed by atoms with Crippen LogP contribution in [0.25, 0.3) is 0 Å². The Labute approximate surface area is 117 Å². The highest BCUT2D eigenvalue weighted by Crippen LogP contribution is 2.28. The van der Waals surface area contributed by atoms with Crippen molar-refractivity contribution in [3.63, 3.8) is 0 Å². The van der Waals surface area contributed by atoms with Gasteiger partial charge in [0.1, 0.15) is 12.4 Å². The third kappa shape index (κ3) is 3.45. The molecule has 0 spiro atoms. The molecule has 0 aliphatic rings. The van der Waals surface area contributed by atoms with Gasteiger partial charge in [0.2, 0.25) is 0 Å². The van der Waals surface area contributed by atoms with E-state index in [1.165, 1.54) is 0 Å². The SMILES string of the molecule is NC(COc1cccc(Cl)c1)c1sccc1Br. The summed E-state index contributed by atoms with van der Waals surface area (Å²) >= 11 is 10.9. The van der Waals surface area contributed by atoms with Crippen molar-refractivity contribution in [1.82, 2.24) is 0 Å². The lowest BCUT2D eigenvalue weighted by atomic mass is 10.3. The zero-order chi connectivity index (χ0) is 12.3. The Morgan fingerprint density at radius 3 is 2.88 bits per heavy atom. The molecule has 2 rings (SSSR count). The summed E-state index contributed by atoms with van der Waals surface area (Å²) in [6.45, 7) is 0.430. The molecule has 0 aliphatic heterocycles. The molecule has 1 unspecified atom stereocenters. The van der Waals surface area contributed by atoms with E-state index in [1.54, 1.807) is 17.4 Å². The van der Waals surface area contributed by atoms with Crippen LogP contribution in [0.2, 0.25) is 5.02 Å². The summed E-state index contributed by atoms with van der Waals surface area (Å²) in [7, 11) is 0. The Bertz CT molecular complexity index is 503. The van der Waals surface area contributed by atoms with E-state index in [4.69, 9.17) is 22.1 Å². The lowest BCUT2D eigenvalue weighted by molar-refractivity contribution is 0.292. The smallest absolute Gasteiger partial charge is 0.120 e. The average Bonchev–Trinajstić information content (AvgIpc) is 2.72. The molecule has 17 heavy (non-hydrogen) atoms. The predicted octanol–water partition coefficient (Wildman–Crippen LogP) is 4.24. The van der Waals surface area contributed by atoms with Crippen LogP contribution in [0.5, 0.6) is 5.75 Å². The van der Waals surface area contributed by atoms with Crippen LogP contribution in [0, 0.1) is 0 Å². The molecule has 90 valence electrons. The van der Waals surface area contributed by atoms with E-state index in [9.17, 15) is 0 Å². The molecule has 2 aromatic rings. The molecule has 0 radical (unpaired) electrons. The second kappa shape index (κ2) is 5.87. The minimum atomic E-state index is -0.136. The standard InChI is InChI=1S/C12H11BrClNOS/c13-10-4-5-17-12(10)11(15)7-16-9-3-1-2-8(14)6-9/h1-6,11H,7,15H2. The molecule has 0 amide bonds. The minimum absolute atomic E-state index is 0.136. The van der Waals surface area contributed by atoms with E-state index in [-0.39, 0.29) is 6.04 Å². The lowest BCUT2D eigenvalue weighted by Gasteiger charge is -2.12. The van der Waals surface area contributed by atoms with Crippen molar-refractivity contribution in [2.24, 2.45) is 5.73 Å². The second-order valence-corrected chi connectivity index (χ2v) is 5.75. The van der Waals surface area contributed by atoms with Crippen molar-refractivity contribution >= 4 is 38.9 Å². The van der Waals surface area contributed by atoms with E-state index in [0.717, 1.165) is 15.1 Å². The normalized spacial score (nSPS) is 12.4. The molecular weight excluding hydrogens is 322 g/mol. The van der Waals surface area contributed by atoms with Gasteiger partial charge in [-0.3, -0.25) is 0 Å². The van der Waals surface area contributed by atoms with E-state index < -0.39 is 0 Å². The Balaban J connectivity index is 1.97. The lowest BCUT2D eigenvalue weighted by Crippen LogP contribution is -2.18. The van der Waals surface area contributed by atoms with Gasteiger partial charge in [0.05, 0.1) is 6.04 Å². The van der Waals surface area contributed by atoms with Crippen LogP contribution in [0.1, 0.15) is 10.9 Å². The fourth-order valence-electron chi connectivity index (χ4n) is 1.39. The summed E-state index contributed by atoms with van der Waals surface area (Å²) in [6.07, 6.45) is 0. The predicted molar refractivity (Wildman–Crippen MR) is 75.9 cm³/mol. The largest absolute Gasteiger partial charge is 0.492 e. The highest BCUT2D eigenvalue weighted by molar-refractivity contribution is 9.10. The Hall–Kier alpha value is -0.550. The number of nitrogens with two attached hydrogens (primary N) is 1. The topological polar surface area (TPSA) is 35.2 Å². The number of halogens is 2. The molecule has 0 fully saturated rings. The highest BCUT2D eigenvalue weighted by atomic mass is 79.9. The first-order valence-electron chi connectivity index (χ1n) is 5.03. The van der Waals surface area contributed by atoms with Crippen LogP contribution in [-0.4, -0.2) is 6.61 Å². The summed E-state index contributed by atoms with van der Waals surface area (Å²) in [5, 5.41) is 2.66. The molecule has 0 bridgehead atoms. The van der Waals surface area contributed by atoms with Crippen LogP contribution in [0.3, 0.4) is 0 Å². The van der Waals surface area contributed by atoms with Crippen molar-refractivity contribution < 1.29 is 4.74 Å². The van der Waals surface area contributed by atoms with Gasteiger partial charge in [-0.1, -0.05) is 17.7 Å². The third-order valence-corrected chi connectivity index (χ3v) is 4.44. The van der Waals surface area contributed by atoms with Gasteiger partial charge in [0, 0.05) is 14.4 Å². The number of ether oxygens (including phenoxy) is 1. The maximum Gasteiger partial charge on any atom is 0.120 e. The minimum Gasteiger partial charge on any atom is -0.492 e. The zero-order valence-electron chi connectivity index (χ0n) is 8.90. The van der Waals surface area contributed by atoms with Crippen LogP contribution in [0.15, 0.2) is 40.2 Å². The van der Waals surface area contributed by atoms with Gasteiger partial charge in [0.25, 0.3) is 0 Å². The number of hydrogen-bond acceptors (Lipinski definition) is 3. The van der Waals surface area contributed by atoms with Crippen LogP contribution in [0.4, 0.5) is 0 Å². The quantitative estimate of drug-likeness (QED) is 0.908.